The highest BCUT2D eigenvalue weighted by Crippen LogP contribution is 2.31. The van der Waals surface area contributed by atoms with Crippen molar-refractivity contribution in [3.8, 4) is 0 Å². The highest BCUT2D eigenvalue weighted by atomic mass is 15.3. The molecule has 0 bridgehead atoms. The van der Waals surface area contributed by atoms with Crippen LogP contribution >= 0.6 is 0 Å². The van der Waals surface area contributed by atoms with Gasteiger partial charge >= 0.3 is 0 Å². The van der Waals surface area contributed by atoms with E-state index in [2.05, 4.69) is 72.0 Å². The minimum atomic E-state index is -0.829. The van der Waals surface area contributed by atoms with Gasteiger partial charge in [-0.2, -0.15) is 0 Å². The van der Waals surface area contributed by atoms with Crippen molar-refractivity contribution in [2.45, 2.75) is 52.2 Å². The summed E-state index contributed by atoms with van der Waals surface area (Å²) in [4.78, 5) is 7.32. The number of fused-ring (bicyclic) bond motifs is 2. The van der Waals surface area contributed by atoms with E-state index < -0.39 is 6.42 Å². The first-order valence-corrected chi connectivity index (χ1v) is 8.74. The highest BCUT2D eigenvalue weighted by molar-refractivity contribution is 6.72. The molecule has 0 N–H and O–H groups in total. The zero-order valence-corrected chi connectivity index (χ0v) is 13.8. The summed E-state index contributed by atoms with van der Waals surface area (Å²) in [6.45, 7) is 4.56. The summed E-state index contributed by atoms with van der Waals surface area (Å²) < 4.78 is 2.46. The molecule has 0 radical (unpaired) electrons. The summed E-state index contributed by atoms with van der Waals surface area (Å²) in [7, 11) is 0. The van der Waals surface area contributed by atoms with Gasteiger partial charge in [0.15, 0.2) is 0 Å². The van der Waals surface area contributed by atoms with Crippen LogP contribution in [0.4, 0.5) is 5.82 Å². The maximum Gasteiger partial charge on any atom is 0.291 e. The zero-order chi connectivity index (χ0) is 15.4. The molecule has 0 unspecified atom stereocenters. The van der Waals surface area contributed by atoms with Gasteiger partial charge in [0.1, 0.15) is 0 Å². The summed E-state index contributed by atoms with van der Waals surface area (Å²) in [5.74, 6) is 2.20. The van der Waals surface area contributed by atoms with Gasteiger partial charge in [0.25, 0.3) is 12.2 Å². The maximum atomic E-state index is 4.86. The SMILES string of the molecule is CCCC[B-]1(CCCC)N2C=CC=CC2=Nc2cccc[n+]21. The number of rotatable bonds is 6. The Bertz CT molecular complexity index is 611. The van der Waals surface area contributed by atoms with Crippen molar-refractivity contribution < 1.29 is 4.48 Å². The van der Waals surface area contributed by atoms with E-state index in [0.29, 0.717) is 0 Å². The Morgan fingerprint density at radius 2 is 1.86 bits per heavy atom. The van der Waals surface area contributed by atoms with E-state index in [-0.39, 0.29) is 0 Å². The molecule has 0 saturated carbocycles. The topological polar surface area (TPSA) is 19.5 Å². The van der Waals surface area contributed by atoms with Crippen LogP contribution in [0.1, 0.15) is 39.5 Å². The van der Waals surface area contributed by atoms with E-state index in [1.165, 1.54) is 38.3 Å². The Kier molecular flexibility index (Phi) is 4.46. The molecule has 116 valence electrons. The average molecular weight is 295 g/mol. The first-order valence-electron chi connectivity index (χ1n) is 8.74. The Morgan fingerprint density at radius 3 is 2.59 bits per heavy atom. The monoisotopic (exact) mass is 295 g/mol. The molecule has 0 spiro atoms. The molecule has 3 rings (SSSR count). The normalized spacial score (nSPS) is 17.9. The van der Waals surface area contributed by atoms with Crippen molar-refractivity contribution in [2.75, 3.05) is 0 Å². The molecular formula is C18H26BN3. The Hall–Kier alpha value is -1.84. The quantitative estimate of drug-likeness (QED) is 0.716. The second-order valence-corrected chi connectivity index (χ2v) is 6.46. The average Bonchev–Trinajstić information content (AvgIpc) is 2.57. The smallest absolute Gasteiger partial charge is 0.291 e. The molecule has 0 aromatic carbocycles. The maximum absolute atomic E-state index is 4.86. The lowest BCUT2D eigenvalue weighted by atomic mass is 9.38. The van der Waals surface area contributed by atoms with Crippen molar-refractivity contribution in [3.05, 3.63) is 48.8 Å². The third-order valence-electron chi connectivity index (χ3n) is 5.04. The second-order valence-electron chi connectivity index (χ2n) is 6.46. The highest BCUT2D eigenvalue weighted by Gasteiger charge is 2.43. The van der Waals surface area contributed by atoms with Crippen LogP contribution < -0.4 is 4.48 Å². The first kappa shape index (κ1) is 15.1. The predicted octanol–water partition coefficient (Wildman–Crippen LogP) is 4.29. The molecule has 3 heterocycles. The molecular weight excluding hydrogens is 269 g/mol. The number of aromatic nitrogens is 1. The van der Waals surface area contributed by atoms with E-state index in [9.17, 15) is 0 Å². The van der Waals surface area contributed by atoms with Gasteiger partial charge in [-0.15, -0.1) is 12.6 Å². The molecule has 4 heteroatoms. The molecule has 22 heavy (non-hydrogen) atoms. The predicted molar refractivity (Wildman–Crippen MR) is 94.4 cm³/mol. The van der Waals surface area contributed by atoms with E-state index in [1.54, 1.807) is 0 Å². The van der Waals surface area contributed by atoms with Crippen LogP contribution in [0.3, 0.4) is 0 Å². The summed E-state index contributed by atoms with van der Waals surface area (Å²) >= 11 is 0. The summed E-state index contributed by atoms with van der Waals surface area (Å²) in [5, 5.41) is 0. The lowest BCUT2D eigenvalue weighted by Gasteiger charge is -2.49. The van der Waals surface area contributed by atoms with Crippen LogP contribution in [-0.2, 0) is 0 Å². The number of amidine groups is 1. The molecule has 1 aromatic heterocycles. The van der Waals surface area contributed by atoms with Crippen molar-refractivity contribution in [2.24, 2.45) is 4.99 Å². The van der Waals surface area contributed by atoms with Gasteiger partial charge in [-0.05, 0) is 23.3 Å². The number of hydrogen-bond donors (Lipinski definition) is 0. The zero-order valence-electron chi connectivity index (χ0n) is 13.8. The standard InChI is InChI=1S/C18H26BN3/c1-3-5-13-19(14-6-4-2)21-15-9-7-11-17(21)20-18-12-8-10-16-22(18)19/h7-12,15-16H,3-6,13-14H2,1-2H3. The lowest BCUT2D eigenvalue weighted by Crippen LogP contribution is -2.75. The van der Waals surface area contributed by atoms with Crippen LogP contribution in [0.25, 0.3) is 0 Å². The van der Waals surface area contributed by atoms with Gasteiger partial charge in [0.05, 0.1) is 0 Å². The number of pyridine rings is 1. The summed E-state index contributed by atoms with van der Waals surface area (Å²) in [6, 6.07) is 6.38. The molecule has 0 saturated heterocycles. The fraction of sp³-hybridized carbons (Fsp3) is 0.444. The Labute approximate surface area is 134 Å². The van der Waals surface area contributed by atoms with Gasteiger partial charge in [-0.3, -0.25) is 0 Å². The number of hydrogen-bond acceptors (Lipinski definition) is 2. The Balaban J connectivity index is 2.12. The third-order valence-corrected chi connectivity index (χ3v) is 5.04. The largest absolute Gasteiger partial charge is 0.447 e. The van der Waals surface area contributed by atoms with Crippen LogP contribution in [0.5, 0.6) is 0 Å². The van der Waals surface area contributed by atoms with Crippen LogP contribution in [0.2, 0.25) is 12.6 Å². The van der Waals surface area contributed by atoms with Gasteiger partial charge in [-0.1, -0.05) is 51.7 Å². The molecule has 2 aliphatic heterocycles. The van der Waals surface area contributed by atoms with Gasteiger partial charge in [0.2, 0.25) is 5.84 Å². The second kappa shape index (κ2) is 6.51. The fourth-order valence-electron chi connectivity index (χ4n) is 3.91. The lowest BCUT2D eigenvalue weighted by molar-refractivity contribution is -0.542. The van der Waals surface area contributed by atoms with Crippen molar-refractivity contribution in [1.82, 2.24) is 4.81 Å². The number of unbranched alkanes of at least 4 members (excludes halogenated alkanes) is 2. The fourth-order valence-corrected chi connectivity index (χ4v) is 3.91. The first-order chi connectivity index (χ1) is 10.8. The van der Waals surface area contributed by atoms with Gasteiger partial charge in [-0.25, -0.2) is 0 Å². The van der Waals surface area contributed by atoms with Crippen molar-refractivity contribution in [3.63, 3.8) is 0 Å². The van der Waals surface area contributed by atoms with Crippen LogP contribution in [0.15, 0.2) is 53.8 Å². The van der Waals surface area contributed by atoms with E-state index in [4.69, 9.17) is 4.99 Å². The molecule has 0 aliphatic carbocycles. The van der Waals surface area contributed by atoms with Crippen LogP contribution in [-0.4, -0.2) is 17.1 Å². The molecule has 0 amide bonds. The van der Waals surface area contributed by atoms with Crippen LogP contribution in [0, 0.1) is 0 Å². The van der Waals surface area contributed by atoms with E-state index in [1.807, 2.05) is 0 Å². The summed E-state index contributed by atoms with van der Waals surface area (Å²) in [5.41, 5.74) is 0. The number of aliphatic imine (C=N–C) groups is 1. The minimum absolute atomic E-state index is 0.829. The molecule has 3 nitrogen and oxygen atoms in total. The number of nitrogens with zero attached hydrogens (tertiary/aromatic N) is 3. The third kappa shape index (κ3) is 2.51. The van der Waals surface area contributed by atoms with Crippen molar-refractivity contribution >= 4 is 18.1 Å². The van der Waals surface area contributed by atoms with E-state index >= 15 is 0 Å². The minimum Gasteiger partial charge on any atom is -0.447 e. The van der Waals surface area contributed by atoms with Gasteiger partial charge in [0, 0.05) is 18.3 Å². The molecule has 0 atom stereocenters. The van der Waals surface area contributed by atoms with Gasteiger partial charge < -0.3 is 9.29 Å². The van der Waals surface area contributed by atoms with Crippen molar-refractivity contribution in [1.29, 1.82) is 0 Å². The Morgan fingerprint density at radius 1 is 1.09 bits per heavy atom. The molecule has 0 fully saturated rings. The molecule has 2 aliphatic rings. The van der Waals surface area contributed by atoms with E-state index in [0.717, 1.165) is 11.7 Å². The molecule has 1 aromatic rings. The summed E-state index contributed by atoms with van der Waals surface area (Å²) in [6.07, 6.45) is 17.4. The number of allylic oxidation sites excluding steroid dienone is 2.